The van der Waals surface area contributed by atoms with Gasteiger partial charge in [-0.2, -0.15) is 8.61 Å². The minimum absolute atomic E-state index is 0.0644. The second-order valence-corrected chi connectivity index (χ2v) is 13.9. The molecule has 0 bridgehead atoms. The number of sulfonamides is 2. The lowest BCUT2D eigenvalue weighted by atomic mass is 9.87. The zero-order valence-corrected chi connectivity index (χ0v) is 23.2. The van der Waals surface area contributed by atoms with Crippen LogP contribution in [-0.4, -0.2) is 80.3 Å². The molecule has 0 spiro atoms. The van der Waals surface area contributed by atoms with E-state index in [1.165, 1.54) is 24.4 Å². The molecule has 10 nitrogen and oxygen atoms in total. The first kappa shape index (κ1) is 28.1. The Labute approximate surface area is 223 Å². The molecule has 2 aromatic carbocycles. The van der Waals surface area contributed by atoms with E-state index in [0.29, 0.717) is 5.39 Å². The maximum absolute atomic E-state index is 13.8. The van der Waals surface area contributed by atoms with Gasteiger partial charge < -0.3 is 10.4 Å². The third kappa shape index (κ3) is 5.45. The number of para-hydroxylation sites is 1. The molecule has 1 aliphatic rings. The van der Waals surface area contributed by atoms with Gasteiger partial charge in [0.25, 0.3) is 0 Å². The molecule has 2 N–H and O–H groups in total. The largest absolute Gasteiger partial charge is 0.395 e. The molecule has 4 rings (SSSR count). The Morgan fingerprint density at radius 1 is 1.00 bits per heavy atom. The number of aliphatic hydroxyl groups is 1. The van der Waals surface area contributed by atoms with Gasteiger partial charge in [0.15, 0.2) is 0 Å². The van der Waals surface area contributed by atoms with Gasteiger partial charge in [0.05, 0.1) is 17.0 Å². The number of fused-ring (bicyclic) bond motifs is 1. The Morgan fingerprint density at radius 2 is 1.68 bits per heavy atom. The van der Waals surface area contributed by atoms with Crippen molar-refractivity contribution in [2.45, 2.75) is 42.0 Å². The Balaban J connectivity index is 1.69. The van der Waals surface area contributed by atoms with Crippen LogP contribution in [0.4, 0.5) is 0 Å². The SMILES string of the molecule is CC(C)(C)c1ccc(S(=O)(=O)N2CCN(S(=O)(=O)c3cccc4cccnc34)[C@@H](C(=O)NCCO)C2)cc1. The van der Waals surface area contributed by atoms with Gasteiger partial charge in [-0.3, -0.25) is 9.78 Å². The molecule has 38 heavy (non-hydrogen) atoms. The number of nitrogens with zero attached hydrogens (tertiary/aromatic N) is 3. The molecule has 2 heterocycles. The minimum atomic E-state index is -4.24. The van der Waals surface area contributed by atoms with E-state index < -0.39 is 32.0 Å². The summed E-state index contributed by atoms with van der Waals surface area (Å²) in [6.07, 6.45) is 1.49. The van der Waals surface area contributed by atoms with Crippen LogP contribution in [0.3, 0.4) is 0 Å². The molecule has 204 valence electrons. The van der Waals surface area contributed by atoms with Gasteiger partial charge in [-0.05, 0) is 35.2 Å². The summed E-state index contributed by atoms with van der Waals surface area (Å²) in [6, 6.07) is 13.4. The van der Waals surface area contributed by atoms with Crippen molar-refractivity contribution in [3.8, 4) is 0 Å². The molecular formula is C26H32N4O6S2. The van der Waals surface area contributed by atoms with Crippen LogP contribution in [-0.2, 0) is 30.3 Å². The van der Waals surface area contributed by atoms with Crippen LogP contribution in [0.25, 0.3) is 10.9 Å². The van der Waals surface area contributed by atoms with Gasteiger partial charge in [-0.15, -0.1) is 0 Å². The summed E-state index contributed by atoms with van der Waals surface area (Å²) in [7, 11) is -8.25. The molecule has 0 saturated carbocycles. The van der Waals surface area contributed by atoms with Crippen molar-refractivity contribution in [2.24, 2.45) is 0 Å². The van der Waals surface area contributed by atoms with Crippen molar-refractivity contribution in [3.63, 3.8) is 0 Å². The Hall–Kier alpha value is -2.90. The lowest BCUT2D eigenvalue weighted by Crippen LogP contribution is -2.61. The molecule has 1 fully saturated rings. The summed E-state index contributed by atoms with van der Waals surface area (Å²) < 4.78 is 56.8. The van der Waals surface area contributed by atoms with Gasteiger partial charge >= 0.3 is 0 Å². The van der Waals surface area contributed by atoms with E-state index in [1.54, 1.807) is 36.4 Å². The predicted molar refractivity (Wildman–Crippen MR) is 143 cm³/mol. The average molecular weight is 561 g/mol. The molecule has 0 unspecified atom stereocenters. The number of amides is 1. The highest BCUT2D eigenvalue weighted by molar-refractivity contribution is 7.89. The fourth-order valence-corrected chi connectivity index (χ4v) is 7.62. The van der Waals surface area contributed by atoms with Crippen LogP contribution in [0, 0.1) is 0 Å². The summed E-state index contributed by atoms with van der Waals surface area (Å²) in [5.41, 5.74) is 1.07. The van der Waals surface area contributed by atoms with E-state index >= 15 is 0 Å². The molecule has 1 saturated heterocycles. The zero-order chi connectivity index (χ0) is 27.7. The highest BCUT2D eigenvalue weighted by Crippen LogP contribution is 2.30. The summed E-state index contributed by atoms with van der Waals surface area (Å²) in [5.74, 6) is -0.696. The minimum Gasteiger partial charge on any atom is -0.395 e. The van der Waals surface area contributed by atoms with Crippen molar-refractivity contribution in [1.29, 1.82) is 0 Å². The summed E-state index contributed by atoms with van der Waals surface area (Å²) in [4.78, 5) is 17.3. The van der Waals surface area contributed by atoms with E-state index in [9.17, 15) is 26.7 Å². The van der Waals surface area contributed by atoms with Crippen LogP contribution in [0.2, 0.25) is 0 Å². The lowest BCUT2D eigenvalue weighted by molar-refractivity contribution is -0.126. The normalized spacial score (nSPS) is 17.9. The van der Waals surface area contributed by atoms with Gasteiger partial charge in [0, 0.05) is 37.8 Å². The summed E-state index contributed by atoms with van der Waals surface area (Å²) in [5, 5.41) is 12.3. The number of nitrogens with one attached hydrogen (secondary N) is 1. The first-order valence-corrected chi connectivity index (χ1v) is 15.1. The molecule has 0 radical (unpaired) electrons. The summed E-state index contributed by atoms with van der Waals surface area (Å²) in [6.45, 7) is 4.89. The maximum Gasteiger partial charge on any atom is 0.246 e. The number of hydrogen-bond acceptors (Lipinski definition) is 7. The number of aliphatic hydroxyl groups excluding tert-OH is 1. The van der Waals surface area contributed by atoms with Crippen LogP contribution in [0.1, 0.15) is 26.3 Å². The van der Waals surface area contributed by atoms with Crippen molar-refractivity contribution in [1.82, 2.24) is 18.9 Å². The molecular weight excluding hydrogens is 528 g/mol. The van der Waals surface area contributed by atoms with E-state index in [4.69, 9.17) is 0 Å². The highest BCUT2D eigenvalue weighted by atomic mass is 32.2. The summed E-state index contributed by atoms with van der Waals surface area (Å²) >= 11 is 0. The molecule has 1 aromatic heterocycles. The quantitative estimate of drug-likeness (QED) is 0.449. The third-order valence-corrected chi connectivity index (χ3v) is 10.4. The Kier molecular flexibility index (Phi) is 7.91. The number of rotatable bonds is 7. The standard InChI is InChI=1S/C26H32N4O6S2/c1-26(2,3)20-9-11-21(12-10-20)37(33,34)29-15-16-30(22(18-29)25(32)28-14-17-31)38(35,36)23-8-4-6-19-7-5-13-27-24(19)23/h4-13,22,31H,14-18H2,1-3H3,(H,28,32)/t22-/m1/s1. The number of pyridine rings is 1. The van der Waals surface area contributed by atoms with Crippen molar-refractivity contribution < 1.29 is 26.7 Å². The topological polar surface area (TPSA) is 137 Å². The first-order chi connectivity index (χ1) is 17.9. The van der Waals surface area contributed by atoms with Crippen LogP contribution < -0.4 is 5.32 Å². The number of carbonyl (C=O) groups excluding carboxylic acids is 1. The Bertz CT molecular complexity index is 1530. The van der Waals surface area contributed by atoms with Gasteiger partial charge in [0.2, 0.25) is 26.0 Å². The lowest BCUT2D eigenvalue weighted by Gasteiger charge is -2.39. The maximum atomic E-state index is 13.8. The zero-order valence-electron chi connectivity index (χ0n) is 21.5. The highest BCUT2D eigenvalue weighted by Gasteiger charge is 2.44. The number of hydrogen-bond donors (Lipinski definition) is 2. The fourth-order valence-electron chi connectivity index (χ4n) is 4.44. The molecule has 1 aliphatic heterocycles. The molecule has 3 aromatic rings. The predicted octanol–water partition coefficient (Wildman–Crippen LogP) is 1.70. The number of aromatic nitrogens is 1. The second kappa shape index (κ2) is 10.7. The van der Waals surface area contributed by atoms with E-state index in [2.05, 4.69) is 10.3 Å². The third-order valence-electron chi connectivity index (χ3n) is 6.55. The van der Waals surface area contributed by atoms with Gasteiger partial charge in [0.1, 0.15) is 10.9 Å². The van der Waals surface area contributed by atoms with Crippen molar-refractivity contribution in [2.75, 3.05) is 32.8 Å². The van der Waals surface area contributed by atoms with Crippen molar-refractivity contribution in [3.05, 3.63) is 66.4 Å². The molecule has 1 amide bonds. The smallest absolute Gasteiger partial charge is 0.246 e. The number of benzene rings is 2. The fraction of sp³-hybridized carbons (Fsp3) is 0.385. The van der Waals surface area contributed by atoms with Gasteiger partial charge in [-0.25, -0.2) is 16.8 Å². The molecule has 1 atom stereocenters. The molecule has 12 heteroatoms. The van der Waals surface area contributed by atoms with Crippen LogP contribution in [0.5, 0.6) is 0 Å². The van der Waals surface area contributed by atoms with Crippen molar-refractivity contribution >= 4 is 36.9 Å². The van der Waals surface area contributed by atoms with Crippen LogP contribution >= 0.6 is 0 Å². The monoisotopic (exact) mass is 560 g/mol. The first-order valence-electron chi connectivity index (χ1n) is 12.2. The Morgan fingerprint density at radius 3 is 2.34 bits per heavy atom. The second-order valence-electron chi connectivity index (χ2n) is 10.1. The van der Waals surface area contributed by atoms with E-state index in [0.717, 1.165) is 14.2 Å². The van der Waals surface area contributed by atoms with Gasteiger partial charge in [-0.1, -0.05) is 51.1 Å². The van der Waals surface area contributed by atoms with E-state index in [1.807, 2.05) is 20.8 Å². The average Bonchev–Trinajstić information content (AvgIpc) is 2.90. The number of carbonyl (C=O) groups is 1. The molecule has 0 aliphatic carbocycles. The van der Waals surface area contributed by atoms with Crippen LogP contribution in [0.15, 0.2) is 70.6 Å². The van der Waals surface area contributed by atoms with E-state index in [-0.39, 0.29) is 53.5 Å². The number of piperazine rings is 1.